The Morgan fingerprint density at radius 1 is 0.676 bits per heavy atom. The molecule has 4 aromatic heterocycles. The summed E-state index contributed by atoms with van der Waals surface area (Å²) >= 11 is 0. The lowest BCUT2D eigenvalue weighted by atomic mass is 9.76. The lowest BCUT2D eigenvalue weighted by Gasteiger charge is -2.42. The van der Waals surface area contributed by atoms with Gasteiger partial charge in [0.25, 0.3) is 0 Å². The molecule has 0 radical (unpaired) electrons. The molecule has 2 aliphatic carbocycles. The minimum absolute atomic E-state index is 0.0382. The Morgan fingerprint density at radius 2 is 1.07 bits per heavy atom. The van der Waals surface area contributed by atoms with E-state index in [0.29, 0.717) is 120 Å². The van der Waals surface area contributed by atoms with Crippen LogP contribution in [0.25, 0.3) is 43.8 Å². The summed E-state index contributed by atoms with van der Waals surface area (Å²) in [5, 5.41) is 33.9. The zero-order valence-corrected chi connectivity index (χ0v) is 37.9. The van der Waals surface area contributed by atoms with E-state index >= 15 is 8.78 Å². The first-order valence-electron chi connectivity index (χ1n) is 22.4. The van der Waals surface area contributed by atoms with Crippen LogP contribution >= 0.6 is 0 Å². The predicted molar refractivity (Wildman–Crippen MR) is 253 cm³/mol. The number of benzene rings is 2. The maximum absolute atomic E-state index is 15.3. The SMILES string of the molecule is CCC1(O)CC(OC(=O)Nc2cc3cc(-c4cnc5c(c4C)NCCO5)c(F)c(N)c3cn2)C1.CCC1(O)CC(OC(=O)Nc2cc3cc(-c4cnc5c(c4C)NCCO5)c(F)c(N)c3cn2)C1. The van der Waals surface area contributed by atoms with Gasteiger partial charge in [-0.05, 0) is 72.9 Å². The molecule has 2 aliphatic heterocycles. The summed E-state index contributed by atoms with van der Waals surface area (Å²) < 4.78 is 52.4. The average Bonchev–Trinajstić information content (AvgIpc) is 3.31. The Bertz CT molecular complexity index is 2780. The number of amides is 2. The van der Waals surface area contributed by atoms with Gasteiger partial charge in [-0.25, -0.2) is 38.3 Å². The number of anilines is 6. The predicted octanol–water partition coefficient (Wildman–Crippen LogP) is 7.97. The lowest BCUT2D eigenvalue weighted by Crippen LogP contribution is -2.48. The molecule has 0 bridgehead atoms. The van der Waals surface area contributed by atoms with Crippen LogP contribution in [-0.2, 0) is 9.47 Å². The fraction of sp³-hybridized carbons (Fsp3) is 0.375. The number of fused-ring (bicyclic) bond motifs is 4. The van der Waals surface area contributed by atoms with Crippen LogP contribution in [0, 0.1) is 25.5 Å². The topological polar surface area (TPSA) is 263 Å². The van der Waals surface area contributed by atoms with Crippen LogP contribution in [0.3, 0.4) is 0 Å². The van der Waals surface area contributed by atoms with E-state index in [1.165, 1.54) is 12.4 Å². The van der Waals surface area contributed by atoms with E-state index < -0.39 is 35.0 Å². The second-order valence-corrected chi connectivity index (χ2v) is 17.7. The molecule has 18 nitrogen and oxygen atoms in total. The van der Waals surface area contributed by atoms with E-state index in [1.54, 1.807) is 36.7 Å². The molecule has 4 aliphatic rings. The van der Waals surface area contributed by atoms with Crippen molar-refractivity contribution in [2.75, 3.05) is 59.0 Å². The molecule has 2 fully saturated rings. The minimum atomic E-state index is -0.754. The van der Waals surface area contributed by atoms with Crippen LogP contribution < -0.4 is 42.2 Å². The number of nitrogens with two attached hydrogens (primary N) is 2. The van der Waals surface area contributed by atoms with Gasteiger partial charge in [-0.2, -0.15) is 0 Å². The highest BCUT2D eigenvalue weighted by Gasteiger charge is 2.44. The molecule has 2 saturated carbocycles. The van der Waals surface area contributed by atoms with Crippen molar-refractivity contribution in [3.8, 4) is 34.0 Å². The number of carbonyl (C=O) groups is 2. The number of rotatable bonds is 8. The fourth-order valence-electron chi connectivity index (χ4n) is 9.00. The van der Waals surface area contributed by atoms with E-state index in [0.717, 1.165) is 22.5 Å². The number of nitrogen functional groups attached to an aromatic ring is 2. The number of carbonyl (C=O) groups excluding carboxylic acids is 2. The number of pyridine rings is 4. The number of ether oxygens (including phenoxy) is 4. The molecule has 20 heteroatoms. The highest BCUT2D eigenvalue weighted by atomic mass is 19.1. The molecular weight excluding hydrogens is 883 g/mol. The quantitative estimate of drug-likeness (QED) is 0.0673. The van der Waals surface area contributed by atoms with E-state index in [-0.39, 0.29) is 35.2 Å². The van der Waals surface area contributed by atoms with Crippen molar-refractivity contribution in [2.45, 2.75) is 89.6 Å². The standard InChI is InChI=1S/2C24H26FN5O4/c2*1-3-24(32)8-14(9-24)34-23(31)30-18-7-13-6-15(19(25)20(26)17(13)11-28-18)16-10-29-22-21(12(16)2)27-4-5-33-22/h2*6-7,10-11,14,27,32H,3-5,8-9,26H2,1-2H3,(H,28,30,31). The smallest absolute Gasteiger partial charge is 0.413 e. The first-order valence-corrected chi connectivity index (χ1v) is 22.4. The fourth-order valence-corrected chi connectivity index (χ4v) is 9.00. The molecule has 2 amide bonds. The van der Waals surface area contributed by atoms with Crippen molar-refractivity contribution in [3.63, 3.8) is 0 Å². The van der Waals surface area contributed by atoms with Gasteiger partial charge in [-0.1, -0.05) is 13.8 Å². The molecule has 0 saturated heterocycles. The van der Waals surface area contributed by atoms with Gasteiger partial charge in [0.1, 0.15) is 48.4 Å². The highest BCUT2D eigenvalue weighted by molar-refractivity contribution is 6.01. The second kappa shape index (κ2) is 18.1. The summed E-state index contributed by atoms with van der Waals surface area (Å²) in [6, 6.07) is 6.54. The summed E-state index contributed by atoms with van der Waals surface area (Å²) in [4.78, 5) is 41.6. The Kier molecular flexibility index (Phi) is 12.2. The van der Waals surface area contributed by atoms with E-state index in [4.69, 9.17) is 30.4 Å². The third kappa shape index (κ3) is 8.83. The van der Waals surface area contributed by atoms with E-state index in [9.17, 15) is 19.8 Å². The number of nitrogens with zero attached hydrogens (tertiary/aromatic N) is 4. The molecule has 10 N–H and O–H groups in total. The molecule has 6 aromatic rings. The van der Waals surface area contributed by atoms with Crippen LogP contribution in [0.15, 0.2) is 49.1 Å². The number of nitrogens with one attached hydrogen (secondary N) is 4. The molecule has 2 aromatic carbocycles. The Hall–Kier alpha value is -7.32. The number of aliphatic hydroxyl groups is 2. The van der Waals surface area contributed by atoms with E-state index in [1.807, 2.05) is 27.7 Å². The van der Waals surface area contributed by atoms with Crippen LogP contribution in [0.5, 0.6) is 11.8 Å². The van der Waals surface area contributed by atoms with Crippen LogP contribution in [0.2, 0.25) is 0 Å². The zero-order valence-electron chi connectivity index (χ0n) is 37.9. The number of aromatic nitrogens is 4. The van der Waals surface area contributed by atoms with Gasteiger partial charge in [-0.15, -0.1) is 0 Å². The maximum atomic E-state index is 15.3. The number of hydrogen-bond acceptors (Lipinski definition) is 16. The molecule has 356 valence electrons. The normalized spacial score (nSPS) is 21.1. The summed E-state index contributed by atoms with van der Waals surface area (Å²) in [5.41, 5.74) is 15.4. The summed E-state index contributed by atoms with van der Waals surface area (Å²) in [6.07, 6.45) is 6.85. The Balaban J connectivity index is 0.000000170. The van der Waals surface area contributed by atoms with Gasteiger partial charge in [0.15, 0.2) is 11.6 Å². The lowest BCUT2D eigenvalue weighted by molar-refractivity contribution is -0.115. The first-order chi connectivity index (χ1) is 32.6. The molecule has 68 heavy (non-hydrogen) atoms. The van der Waals surface area contributed by atoms with Crippen molar-refractivity contribution in [1.82, 2.24) is 19.9 Å². The first kappa shape index (κ1) is 45.8. The van der Waals surface area contributed by atoms with Gasteiger partial charge in [-0.3, -0.25) is 10.6 Å². The van der Waals surface area contributed by atoms with Gasteiger partial charge in [0, 0.05) is 96.6 Å². The third-order valence-corrected chi connectivity index (χ3v) is 13.2. The Labute approximate surface area is 389 Å². The van der Waals surface area contributed by atoms with Gasteiger partial charge >= 0.3 is 12.2 Å². The van der Waals surface area contributed by atoms with Gasteiger partial charge in [0.05, 0.1) is 22.6 Å². The third-order valence-electron chi connectivity index (χ3n) is 13.2. The summed E-state index contributed by atoms with van der Waals surface area (Å²) in [5.74, 6) is 0.331. The average molecular weight is 935 g/mol. The molecule has 0 atom stereocenters. The second-order valence-electron chi connectivity index (χ2n) is 17.7. The van der Waals surface area contributed by atoms with Crippen LogP contribution in [0.4, 0.5) is 52.8 Å². The largest absolute Gasteiger partial charge is 0.474 e. The van der Waals surface area contributed by atoms with Crippen molar-refractivity contribution >= 4 is 68.1 Å². The number of hydrogen-bond donors (Lipinski definition) is 8. The van der Waals surface area contributed by atoms with Crippen molar-refractivity contribution in [2.24, 2.45) is 0 Å². The highest BCUT2D eigenvalue weighted by Crippen LogP contribution is 2.43. The van der Waals surface area contributed by atoms with Crippen molar-refractivity contribution in [1.29, 1.82) is 0 Å². The van der Waals surface area contributed by atoms with Crippen molar-refractivity contribution in [3.05, 3.63) is 71.8 Å². The van der Waals surface area contributed by atoms with Gasteiger partial charge < -0.3 is 51.3 Å². The summed E-state index contributed by atoms with van der Waals surface area (Å²) in [6.45, 7) is 9.82. The molecule has 10 rings (SSSR count). The van der Waals surface area contributed by atoms with E-state index in [2.05, 4.69) is 41.2 Å². The molecule has 0 spiro atoms. The zero-order chi connectivity index (χ0) is 48.1. The van der Waals surface area contributed by atoms with Crippen LogP contribution in [-0.4, -0.2) is 92.0 Å². The number of halogens is 2. The van der Waals surface area contributed by atoms with Gasteiger partial charge in [0.2, 0.25) is 11.8 Å². The monoisotopic (exact) mass is 934 g/mol. The summed E-state index contributed by atoms with van der Waals surface area (Å²) in [7, 11) is 0. The Morgan fingerprint density at radius 3 is 1.46 bits per heavy atom. The molecular formula is C48H52F2N10O8. The molecule has 6 heterocycles. The minimum Gasteiger partial charge on any atom is -0.474 e. The van der Waals surface area contributed by atoms with Crippen molar-refractivity contribution < 1.29 is 47.5 Å². The molecule has 0 unspecified atom stereocenters. The van der Waals surface area contributed by atoms with Crippen LogP contribution in [0.1, 0.15) is 63.5 Å². The maximum Gasteiger partial charge on any atom is 0.413 e.